The maximum Gasteiger partial charge on any atom is 0.234 e. The van der Waals surface area contributed by atoms with E-state index in [9.17, 15) is 14.4 Å². The van der Waals surface area contributed by atoms with Crippen LogP contribution in [-0.2, 0) is 11.8 Å². The SMILES string of the molecule is Cc1nnc(SCC(=O)Nc2cccc3c2C(=O)c2ccccc2C3=O)n1C. The van der Waals surface area contributed by atoms with E-state index < -0.39 is 0 Å². The molecule has 0 unspecified atom stereocenters. The van der Waals surface area contributed by atoms with E-state index in [4.69, 9.17) is 0 Å². The second-order valence-electron chi connectivity index (χ2n) is 6.36. The number of thioether (sulfide) groups is 1. The third-order valence-electron chi connectivity index (χ3n) is 4.61. The fourth-order valence-electron chi connectivity index (χ4n) is 3.08. The Morgan fingerprint density at radius 2 is 1.68 bits per heavy atom. The highest BCUT2D eigenvalue weighted by Gasteiger charge is 2.31. The number of hydrogen-bond donors (Lipinski definition) is 1. The van der Waals surface area contributed by atoms with E-state index in [1.165, 1.54) is 11.8 Å². The summed E-state index contributed by atoms with van der Waals surface area (Å²) >= 11 is 1.25. The molecule has 1 aliphatic rings. The van der Waals surface area contributed by atoms with Crippen molar-refractivity contribution in [1.29, 1.82) is 0 Å². The Balaban J connectivity index is 1.58. The van der Waals surface area contributed by atoms with Gasteiger partial charge in [0.25, 0.3) is 0 Å². The van der Waals surface area contributed by atoms with Crippen molar-refractivity contribution < 1.29 is 14.4 Å². The third-order valence-corrected chi connectivity index (χ3v) is 5.63. The molecule has 140 valence electrons. The molecule has 0 saturated carbocycles. The summed E-state index contributed by atoms with van der Waals surface area (Å²) < 4.78 is 1.79. The van der Waals surface area contributed by atoms with E-state index in [1.54, 1.807) is 47.0 Å². The molecule has 0 radical (unpaired) electrons. The summed E-state index contributed by atoms with van der Waals surface area (Å²) in [7, 11) is 1.82. The fourth-order valence-corrected chi connectivity index (χ4v) is 3.84. The van der Waals surface area contributed by atoms with Gasteiger partial charge in [0.2, 0.25) is 5.91 Å². The highest BCUT2D eigenvalue weighted by Crippen LogP contribution is 2.32. The predicted molar refractivity (Wildman–Crippen MR) is 105 cm³/mol. The van der Waals surface area contributed by atoms with Gasteiger partial charge in [0, 0.05) is 23.7 Å². The van der Waals surface area contributed by atoms with Crippen LogP contribution >= 0.6 is 11.8 Å². The van der Waals surface area contributed by atoms with Crippen molar-refractivity contribution in [1.82, 2.24) is 14.8 Å². The van der Waals surface area contributed by atoms with Gasteiger partial charge in [-0.25, -0.2) is 0 Å². The van der Waals surface area contributed by atoms with E-state index in [0.29, 0.717) is 27.5 Å². The summed E-state index contributed by atoms with van der Waals surface area (Å²) in [5, 5.41) is 11.3. The Morgan fingerprint density at radius 1 is 1.00 bits per heavy atom. The van der Waals surface area contributed by atoms with E-state index in [1.807, 2.05) is 14.0 Å². The van der Waals surface area contributed by atoms with Crippen LogP contribution in [0.5, 0.6) is 0 Å². The summed E-state index contributed by atoms with van der Waals surface area (Å²) in [6, 6.07) is 11.6. The van der Waals surface area contributed by atoms with Crippen LogP contribution in [0.25, 0.3) is 0 Å². The molecule has 0 spiro atoms. The van der Waals surface area contributed by atoms with Crippen LogP contribution in [0.1, 0.15) is 37.7 Å². The minimum absolute atomic E-state index is 0.106. The third kappa shape index (κ3) is 3.01. The number of anilines is 1. The zero-order valence-electron chi connectivity index (χ0n) is 15.2. The zero-order chi connectivity index (χ0) is 19.8. The molecule has 0 bridgehead atoms. The second kappa shape index (κ2) is 7.05. The molecule has 7 nitrogen and oxygen atoms in total. The molecule has 28 heavy (non-hydrogen) atoms. The molecule has 0 saturated heterocycles. The molecule has 1 amide bonds. The van der Waals surface area contributed by atoms with Crippen molar-refractivity contribution in [2.24, 2.45) is 7.05 Å². The van der Waals surface area contributed by atoms with Crippen LogP contribution in [0.3, 0.4) is 0 Å². The number of aromatic nitrogens is 3. The standard InChI is InChI=1S/C20H16N4O3S/c1-11-22-23-20(24(11)2)28-10-16(25)21-15-9-5-8-14-17(15)19(27)13-7-4-3-6-12(13)18(14)26/h3-9H,10H2,1-2H3,(H,21,25). The number of amides is 1. The molecule has 2 aromatic carbocycles. The van der Waals surface area contributed by atoms with Gasteiger partial charge < -0.3 is 9.88 Å². The van der Waals surface area contributed by atoms with Gasteiger partial charge in [0.15, 0.2) is 16.7 Å². The molecule has 0 atom stereocenters. The Morgan fingerprint density at radius 3 is 2.36 bits per heavy atom. The second-order valence-corrected chi connectivity index (χ2v) is 7.30. The maximum atomic E-state index is 13.0. The lowest BCUT2D eigenvalue weighted by atomic mass is 9.83. The Kier molecular flexibility index (Phi) is 4.56. The van der Waals surface area contributed by atoms with E-state index in [2.05, 4.69) is 15.5 Å². The molecule has 4 rings (SSSR count). The van der Waals surface area contributed by atoms with Crippen LogP contribution in [0.15, 0.2) is 47.6 Å². The van der Waals surface area contributed by atoms with Gasteiger partial charge in [-0.05, 0) is 13.0 Å². The first-order chi connectivity index (χ1) is 13.5. The number of nitrogens with zero attached hydrogens (tertiary/aromatic N) is 3. The molecular weight excluding hydrogens is 376 g/mol. The normalized spacial score (nSPS) is 12.5. The topological polar surface area (TPSA) is 94.0 Å². The Labute approximate surface area is 165 Å². The van der Waals surface area contributed by atoms with Gasteiger partial charge in [-0.2, -0.15) is 0 Å². The molecule has 8 heteroatoms. The van der Waals surface area contributed by atoms with Crippen LogP contribution in [0.4, 0.5) is 5.69 Å². The maximum absolute atomic E-state index is 13.0. The number of fused-ring (bicyclic) bond motifs is 2. The quantitative estimate of drug-likeness (QED) is 0.537. The van der Waals surface area contributed by atoms with Crippen LogP contribution < -0.4 is 5.32 Å². The van der Waals surface area contributed by atoms with Crippen molar-refractivity contribution in [3.8, 4) is 0 Å². The van der Waals surface area contributed by atoms with Crippen molar-refractivity contribution >= 4 is 34.9 Å². The summed E-state index contributed by atoms with van der Waals surface area (Å²) in [5.41, 5.74) is 1.62. The number of ketones is 2. The highest BCUT2D eigenvalue weighted by atomic mass is 32.2. The first kappa shape index (κ1) is 18.1. The van der Waals surface area contributed by atoms with Crippen LogP contribution in [0.2, 0.25) is 0 Å². The number of rotatable bonds is 4. The monoisotopic (exact) mass is 392 g/mol. The Hall–Kier alpha value is -3.26. The average Bonchev–Trinajstić information content (AvgIpc) is 3.02. The molecular formula is C20H16N4O3S. The van der Waals surface area contributed by atoms with E-state index in [-0.39, 0.29) is 28.8 Å². The van der Waals surface area contributed by atoms with E-state index in [0.717, 1.165) is 5.82 Å². The molecule has 1 aromatic heterocycles. The van der Waals surface area contributed by atoms with Crippen molar-refractivity contribution in [3.05, 3.63) is 70.5 Å². The lowest BCUT2D eigenvalue weighted by molar-refractivity contribution is -0.113. The summed E-state index contributed by atoms with van der Waals surface area (Å²) in [6.07, 6.45) is 0. The van der Waals surface area contributed by atoms with Gasteiger partial charge in [-0.15, -0.1) is 10.2 Å². The minimum atomic E-state index is -0.293. The van der Waals surface area contributed by atoms with Gasteiger partial charge in [0.1, 0.15) is 5.82 Å². The molecule has 0 fully saturated rings. The fraction of sp³-hybridized carbons (Fsp3) is 0.150. The predicted octanol–water partition coefficient (Wildman–Crippen LogP) is 2.63. The largest absolute Gasteiger partial charge is 0.325 e. The number of benzene rings is 2. The Bertz CT molecular complexity index is 1140. The summed E-state index contributed by atoms with van der Waals surface area (Å²) in [4.78, 5) is 38.1. The lowest BCUT2D eigenvalue weighted by Crippen LogP contribution is -2.24. The number of aryl methyl sites for hydroxylation is 1. The van der Waals surface area contributed by atoms with Gasteiger partial charge in [-0.1, -0.05) is 48.2 Å². The number of hydrogen-bond acceptors (Lipinski definition) is 6. The van der Waals surface area contributed by atoms with Crippen molar-refractivity contribution in [2.45, 2.75) is 12.1 Å². The smallest absolute Gasteiger partial charge is 0.234 e. The average molecular weight is 392 g/mol. The van der Waals surface area contributed by atoms with Gasteiger partial charge in [-0.3, -0.25) is 14.4 Å². The number of carbonyl (C=O) groups excluding carboxylic acids is 3. The molecule has 1 heterocycles. The van der Waals surface area contributed by atoms with E-state index >= 15 is 0 Å². The molecule has 1 N–H and O–H groups in total. The first-order valence-electron chi connectivity index (χ1n) is 8.57. The van der Waals surface area contributed by atoms with Crippen LogP contribution in [-0.4, -0.2) is 38.0 Å². The zero-order valence-corrected chi connectivity index (χ0v) is 16.0. The van der Waals surface area contributed by atoms with Crippen molar-refractivity contribution in [3.63, 3.8) is 0 Å². The van der Waals surface area contributed by atoms with Gasteiger partial charge in [0.05, 0.1) is 17.0 Å². The minimum Gasteiger partial charge on any atom is -0.325 e. The van der Waals surface area contributed by atoms with Crippen molar-refractivity contribution in [2.75, 3.05) is 11.1 Å². The highest BCUT2D eigenvalue weighted by molar-refractivity contribution is 7.99. The van der Waals surface area contributed by atoms with Gasteiger partial charge >= 0.3 is 0 Å². The number of nitrogens with one attached hydrogen (secondary N) is 1. The molecule has 1 aliphatic carbocycles. The summed E-state index contributed by atoms with van der Waals surface area (Å²) in [5.74, 6) is 0.0813. The number of carbonyl (C=O) groups is 3. The first-order valence-corrected chi connectivity index (χ1v) is 9.56. The molecule has 3 aromatic rings. The molecule has 0 aliphatic heterocycles. The lowest BCUT2D eigenvalue weighted by Gasteiger charge is -2.20. The summed E-state index contributed by atoms with van der Waals surface area (Å²) in [6.45, 7) is 1.83. The van der Waals surface area contributed by atoms with Crippen LogP contribution in [0, 0.1) is 6.92 Å².